The molecule has 0 aliphatic heterocycles. The number of fused-ring (bicyclic) bond motifs is 7. The first-order valence-electron chi connectivity index (χ1n) is 15.9. The summed E-state index contributed by atoms with van der Waals surface area (Å²) in [6.45, 7) is 8.30. The summed E-state index contributed by atoms with van der Waals surface area (Å²) in [5.74, 6) is 0. The summed E-state index contributed by atoms with van der Waals surface area (Å²) in [6, 6.07) is 52.6. The van der Waals surface area contributed by atoms with Gasteiger partial charge >= 0.3 is 0 Å². The second-order valence-corrected chi connectivity index (χ2v) is 12.1. The second-order valence-electron chi connectivity index (χ2n) is 12.1. The average Bonchev–Trinajstić information content (AvgIpc) is 3.52. The van der Waals surface area contributed by atoms with Crippen molar-refractivity contribution in [2.24, 2.45) is 0 Å². The Balaban J connectivity index is 1.28. The monoisotopic (exact) mass is 598 g/mol. The Kier molecular flexibility index (Phi) is 6.16. The Labute approximate surface area is 273 Å². The van der Waals surface area contributed by atoms with Crippen LogP contribution < -0.4 is 0 Å². The third-order valence-corrected chi connectivity index (χ3v) is 9.46. The van der Waals surface area contributed by atoms with Crippen molar-refractivity contribution in [3.8, 4) is 33.4 Å². The van der Waals surface area contributed by atoms with E-state index in [0.717, 1.165) is 49.8 Å². The summed E-state index contributed by atoms with van der Waals surface area (Å²) < 4.78 is 2.22. The molecule has 0 unspecified atom stereocenters. The van der Waals surface area contributed by atoms with Gasteiger partial charge in [0.25, 0.3) is 0 Å². The molecule has 0 aliphatic carbocycles. The largest absolute Gasteiger partial charge is 0.292 e. The molecule has 7 aromatic carbocycles. The van der Waals surface area contributed by atoms with Crippen molar-refractivity contribution >= 4 is 61.1 Å². The smallest absolute Gasteiger partial charge is 0.146 e. The zero-order valence-corrected chi connectivity index (χ0v) is 25.8. The van der Waals surface area contributed by atoms with Gasteiger partial charge in [-0.3, -0.25) is 4.40 Å². The molecule has 2 nitrogen and oxygen atoms in total. The zero-order valence-electron chi connectivity index (χ0n) is 25.8. The quantitative estimate of drug-likeness (QED) is 0.193. The van der Waals surface area contributed by atoms with Gasteiger partial charge in [-0.25, -0.2) is 4.98 Å². The van der Waals surface area contributed by atoms with Crippen LogP contribution in [0.1, 0.15) is 11.3 Å². The van der Waals surface area contributed by atoms with Crippen LogP contribution in [0.15, 0.2) is 159 Å². The van der Waals surface area contributed by atoms with Crippen molar-refractivity contribution in [1.29, 1.82) is 0 Å². The van der Waals surface area contributed by atoms with Gasteiger partial charge in [0.05, 0.1) is 16.7 Å². The maximum Gasteiger partial charge on any atom is 0.146 e. The van der Waals surface area contributed by atoms with E-state index in [1.54, 1.807) is 0 Å². The maximum absolute atomic E-state index is 5.22. The van der Waals surface area contributed by atoms with Crippen LogP contribution in [0.2, 0.25) is 0 Å². The minimum Gasteiger partial charge on any atom is -0.292 e. The van der Waals surface area contributed by atoms with Crippen LogP contribution in [0.5, 0.6) is 0 Å². The molecule has 0 amide bonds. The highest BCUT2D eigenvalue weighted by Crippen LogP contribution is 2.37. The molecule has 0 fully saturated rings. The minimum absolute atomic E-state index is 0.926. The van der Waals surface area contributed by atoms with E-state index in [9.17, 15) is 0 Å². The van der Waals surface area contributed by atoms with Crippen LogP contribution in [-0.4, -0.2) is 9.38 Å². The first kappa shape index (κ1) is 27.1. The summed E-state index contributed by atoms with van der Waals surface area (Å²) >= 11 is 0. The number of imidazole rings is 1. The van der Waals surface area contributed by atoms with Gasteiger partial charge in [-0.1, -0.05) is 122 Å². The first-order chi connectivity index (χ1) is 23.2. The van der Waals surface area contributed by atoms with Crippen molar-refractivity contribution in [2.75, 3.05) is 0 Å². The fourth-order valence-electron chi connectivity index (χ4n) is 7.14. The van der Waals surface area contributed by atoms with Gasteiger partial charge in [-0.15, -0.1) is 0 Å². The second kappa shape index (κ2) is 10.7. The fraction of sp³-hybridized carbons (Fsp3) is 0. The van der Waals surface area contributed by atoms with Crippen molar-refractivity contribution < 1.29 is 0 Å². The summed E-state index contributed by atoms with van der Waals surface area (Å²) in [4.78, 5) is 5.22. The summed E-state index contributed by atoms with van der Waals surface area (Å²) in [5, 5.41) is 7.18. The summed E-state index contributed by atoms with van der Waals surface area (Å²) in [5.41, 5.74) is 12.0. The molecule has 0 spiro atoms. The lowest BCUT2D eigenvalue weighted by Crippen LogP contribution is -1.97. The molecule has 0 radical (unpaired) electrons. The molecule has 9 rings (SSSR count). The van der Waals surface area contributed by atoms with E-state index in [4.69, 9.17) is 4.98 Å². The lowest BCUT2D eigenvalue weighted by Gasteiger charge is -2.13. The predicted molar refractivity (Wildman–Crippen MR) is 202 cm³/mol. The number of benzene rings is 7. The normalized spacial score (nSPS) is 11.6. The fourth-order valence-corrected chi connectivity index (χ4v) is 7.14. The lowest BCUT2D eigenvalue weighted by atomic mass is 9.92. The first-order valence-corrected chi connectivity index (χ1v) is 15.9. The summed E-state index contributed by atoms with van der Waals surface area (Å²) in [6.07, 6.45) is 3.83. The molecule has 0 atom stereocenters. The summed E-state index contributed by atoms with van der Waals surface area (Å²) in [7, 11) is 0. The molecule has 2 heterocycles. The van der Waals surface area contributed by atoms with Crippen molar-refractivity contribution in [1.82, 2.24) is 9.38 Å². The van der Waals surface area contributed by atoms with E-state index in [1.165, 1.54) is 43.8 Å². The third-order valence-electron chi connectivity index (χ3n) is 9.46. The third kappa shape index (κ3) is 4.38. The topological polar surface area (TPSA) is 17.3 Å². The van der Waals surface area contributed by atoms with Crippen molar-refractivity contribution in [2.45, 2.75) is 0 Å². The number of hydrogen-bond acceptors (Lipinski definition) is 1. The van der Waals surface area contributed by atoms with Crippen LogP contribution >= 0.6 is 0 Å². The molecule has 0 bridgehead atoms. The predicted octanol–water partition coefficient (Wildman–Crippen LogP) is 12.2. The van der Waals surface area contributed by atoms with Crippen molar-refractivity contribution in [3.05, 3.63) is 170 Å². The maximum atomic E-state index is 5.22. The molecular weight excluding hydrogens is 569 g/mol. The molecule has 2 heteroatoms. The van der Waals surface area contributed by atoms with E-state index in [2.05, 4.69) is 163 Å². The Morgan fingerprint density at radius 2 is 0.957 bits per heavy atom. The van der Waals surface area contributed by atoms with Gasteiger partial charge in [0, 0.05) is 10.9 Å². The SMILES string of the molecule is C=Cc1c(C=C)n2c3ccc(-c4cc(-c5ccc6ccccc6c5)cc(-c5ccc6ccccc6c5)c4)cc3nc2c2ccccc12. The van der Waals surface area contributed by atoms with Gasteiger partial charge in [-0.2, -0.15) is 0 Å². The van der Waals surface area contributed by atoms with Gasteiger partial charge in [0.2, 0.25) is 0 Å². The Hall–Kier alpha value is -6.25. The van der Waals surface area contributed by atoms with Crippen LogP contribution in [0.25, 0.3) is 94.5 Å². The lowest BCUT2D eigenvalue weighted by molar-refractivity contribution is 1.21. The number of hydrogen-bond donors (Lipinski definition) is 0. The molecule has 0 aliphatic rings. The number of pyridine rings is 1. The molecule has 47 heavy (non-hydrogen) atoms. The molecule has 2 aromatic heterocycles. The number of rotatable bonds is 5. The van der Waals surface area contributed by atoms with Gasteiger partial charge < -0.3 is 0 Å². The van der Waals surface area contributed by atoms with Gasteiger partial charge in [-0.05, 0) is 109 Å². The Bertz CT molecular complexity index is 2630. The standard InChI is InChI=1S/C45H30N2/c1-3-39-40-15-9-10-16-41(40)45-46-42-28-35(21-22-44(42)47(45)43(39)4-2)38-26-36(33-19-17-29-11-5-7-13-31(29)23-33)25-37(27-38)34-20-18-30-12-6-8-14-32(30)24-34/h3-28H,1-2H2. The van der Waals surface area contributed by atoms with Crippen LogP contribution in [0.4, 0.5) is 0 Å². The molecular formula is C45H30N2. The van der Waals surface area contributed by atoms with Gasteiger partial charge in [0.1, 0.15) is 5.65 Å². The average molecular weight is 599 g/mol. The van der Waals surface area contributed by atoms with E-state index >= 15 is 0 Å². The van der Waals surface area contributed by atoms with E-state index in [0.29, 0.717) is 0 Å². The van der Waals surface area contributed by atoms with Crippen molar-refractivity contribution in [3.63, 3.8) is 0 Å². The molecule has 220 valence electrons. The highest BCUT2D eigenvalue weighted by Gasteiger charge is 2.16. The van der Waals surface area contributed by atoms with Crippen LogP contribution in [0.3, 0.4) is 0 Å². The van der Waals surface area contributed by atoms with Crippen LogP contribution in [-0.2, 0) is 0 Å². The highest BCUT2D eigenvalue weighted by molar-refractivity contribution is 6.05. The number of aromatic nitrogens is 2. The van der Waals surface area contributed by atoms with Crippen LogP contribution in [0, 0.1) is 0 Å². The molecule has 0 saturated heterocycles. The van der Waals surface area contributed by atoms with E-state index < -0.39 is 0 Å². The Morgan fingerprint density at radius 3 is 1.53 bits per heavy atom. The Morgan fingerprint density at radius 1 is 0.447 bits per heavy atom. The zero-order chi connectivity index (χ0) is 31.5. The van der Waals surface area contributed by atoms with E-state index in [1.807, 2.05) is 12.2 Å². The molecule has 0 saturated carbocycles. The minimum atomic E-state index is 0.926. The highest BCUT2D eigenvalue weighted by atomic mass is 15.0. The molecule has 9 aromatic rings. The van der Waals surface area contributed by atoms with Gasteiger partial charge in [0.15, 0.2) is 0 Å². The number of nitrogens with zero attached hydrogens (tertiary/aromatic N) is 2. The molecule has 0 N–H and O–H groups in total. The van der Waals surface area contributed by atoms with E-state index in [-0.39, 0.29) is 0 Å².